The summed E-state index contributed by atoms with van der Waals surface area (Å²) in [7, 11) is 4.71. The molecule has 2 saturated heterocycles. The highest BCUT2D eigenvalue weighted by Crippen LogP contribution is 2.45. The molecule has 10 nitrogen and oxygen atoms in total. The number of hydrogen-bond donors (Lipinski definition) is 0. The molecule has 2 aliphatic heterocycles. The molecule has 3 aromatic carbocycles. The van der Waals surface area contributed by atoms with Gasteiger partial charge >= 0.3 is 0 Å². The van der Waals surface area contributed by atoms with Crippen molar-refractivity contribution in [2.75, 3.05) is 54.2 Å². The zero-order valence-electron chi connectivity index (χ0n) is 28.0. The molecule has 0 N–H and O–H groups in total. The van der Waals surface area contributed by atoms with Gasteiger partial charge in [-0.3, -0.25) is 4.90 Å². The van der Waals surface area contributed by atoms with E-state index in [9.17, 15) is 5.26 Å². The maximum Gasteiger partial charge on any atom is 0.203 e. The van der Waals surface area contributed by atoms with Crippen LogP contribution in [0, 0.1) is 11.3 Å². The Balaban J connectivity index is 1.61. The summed E-state index contributed by atoms with van der Waals surface area (Å²) in [6.45, 7) is 6.82. The second-order valence-corrected chi connectivity index (χ2v) is 12.2. The smallest absolute Gasteiger partial charge is 0.203 e. The van der Waals surface area contributed by atoms with Gasteiger partial charge in [-0.15, -0.1) is 0 Å². The van der Waals surface area contributed by atoms with Gasteiger partial charge in [0.2, 0.25) is 5.75 Å². The largest absolute Gasteiger partial charge is 0.493 e. The molecule has 2 aliphatic rings. The van der Waals surface area contributed by atoms with Crippen molar-refractivity contribution in [3.63, 3.8) is 0 Å². The van der Waals surface area contributed by atoms with Gasteiger partial charge in [0, 0.05) is 19.5 Å². The van der Waals surface area contributed by atoms with Crippen molar-refractivity contribution in [2.45, 2.75) is 63.1 Å². The van der Waals surface area contributed by atoms with Gasteiger partial charge in [0.25, 0.3) is 0 Å². The predicted molar refractivity (Wildman–Crippen MR) is 175 cm³/mol. The molecule has 10 heteroatoms. The molecule has 252 valence electrons. The van der Waals surface area contributed by atoms with Crippen LogP contribution in [-0.4, -0.2) is 83.2 Å². The molecule has 0 bridgehead atoms. The van der Waals surface area contributed by atoms with Crippen molar-refractivity contribution < 1.29 is 37.9 Å². The van der Waals surface area contributed by atoms with Crippen LogP contribution in [0.2, 0.25) is 0 Å². The first-order valence-corrected chi connectivity index (χ1v) is 16.0. The van der Waals surface area contributed by atoms with E-state index in [0.29, 0.717) is 68.9 Å². The molecule has 4 atom stereocenters. The summed E-state index contributed by atoms with van der Waals surface area (Å²) < 4.78 is 48.9. The first-order chi connectivity index (χ1) is 22.8. The van der Waals surface area contributed by atoms with Crippen LogP contribution in [0.15, 0.2) is 72.8 Å². The fourth-order valence-electron chi connectivity index (χ4n) is 6.31. The maximum absolute atomic E-state index is 11.3. The fraction of sp³-hybridized carbons (Fsp3) is 0.486. The Bertz CT molecular complexity index is 1430. The van der Waals surface area contributed by atoms with Crippen molar-refractivity contribution in [3.05, 3.63) is 89.5 Å². The summed E-state index contributed by atoms with van der Waals surface area (Å²) in [5.41, 5.74) is 1.52. The number of morpholine rings is 1. The average molecular weight is 647 g/mol. The van der Waals surface area contributed by atoms with Gasteiger partial charge in [0.15, 0.2) is 17.3 Å². The lowest BCUT2D eigenvalue weighted by Crippen LogP contribution is -2.55. The molecule has 5 rings (SSSR count). The minimum absolute atomic E-state index is 0.245. The summed E-state index contributed by atoms with van der Waals surface area (Å²) in [6, 6.07) is 26.4. The van der Waals surface area contributed by atoms with E-state index in [1.54, 1.807) is 21.3 Å². The summed E-state index contributed by atoms with van der Waals surface area (Å²) >= 11 is 0. The summed E-state index contributed by atoms with van der Waals surface area (Å²) in [5, 5.41) is 11.3. The number of nitrogens with zero attached hydrogens (tertiary/aromatic N) is 2. The van der Waals surface area contributed by atoms with E-state index >= 15 is 0 Å². The van der Waals surface area contributed by atoms with E-state index in [1.807, 2.05) is 86.6 Å². The van der Waals surface area contributed by atoms with Crippen molar-refractivity contribution in [2.24, 2.45) is 0 Å². The Morgan fingerprint density at radius 2 is 1.45 bits per heavy atom. The van der Waals surface area contributed by atoms with E-state index in [1.165, 1.54) is 0 Å². The van der Waals surface area contributed by atoms with Crippen LogP contribution in [0.5, 0.6) is 17.2 Å². The van der Waals surface area contributed by atoms with Crippen LogP contribution in [0.25, 0.3) is 0 Å². The standard InChI is InChI=1S/C37H46N2O8/c1-36(2)46-25-33(47-36)35(45-24-28-14-10-7-11-15-28)32(44-23-27-12-8-6-9-13-27)22-37(26-38,39-16-18-43-19-17-39)29-20-30(40-3)34(42-5)31(21-29)41-4/h6-15,20-21,32-33,35H,16-19,22-25H2,1-5H3/t32-,33-,35+,37+/m1/s1. The van der Waals surface area contributed by atoms with Crippen molar-refractivity contribution in [1.29, 1.82) is 5.26 Å². The number of ether oxygens (including phenoxy) is 8. The first kappa shape index (κ1) is 34.6. The van der Waals surface area contributed by atoms with Gasteiger partial charge in [-0.25, -0.2) is 0 Å². The van der Waals surface area contributed by atoms with Crippen LogP contribution >= 0.6 is 0 Å². The maximum atomic E-state index is 11.3. The molecule has 47 heavy (non-hydrogen) atoms. The highest BCUT2D eigenvalue weighted by Gasteiger charge is 2.48. The van der Waals surface area contributed by atoms with Gasteiger partial charge in [0.1, 0.15) is 17.7 Å². The highest BCUT2D eigenvalue weighted by atomic mass is 16.8. The lowest BCUT2D eigenvalue weighted by molar-refractivity contribution is -0.184. The average Bonchev–Trinajstić information content (AvgIpc) is 3.48. The number of hydrogen-bond acceptors (Lipinski definition) is 10. The third-order valence-corrected chi connectivity index (χ3v) is 8.73. The highest BCUT2D eigenvalue weighted by molar-refractivity contribution is 5.56. The van der Waals surface area contributed by atoms with Gasteiger partial charge in [-0.05, 0) is 42.7 Å². The quantitative estimate of drug-likeness (QED) is 0.211. The summed E-state index contributed by atoms with van der Waals surface area (Å²) in [4.78, 5) is 2.15. The van der Waals surface area contributed by atoms with Crippen molar-refractivity contribution in [3.8, 4) is 23.3 Å². The molecule has 0 aromatic heterocycles. The lowest BCUT2D eigenvalue weighted by Gasteiger charge is -2.44. The van der Waals surface area contributed by atoms with E-state index in [2.05, 4.69) is 11.0 Å². The van der Waals surface area contributed by atoms with Gasteiger partial charge in [-0.1, -0.05) is 60.7 Å². The van der Waals surface area contributed by atoms with E-state index in [0.717, 1.165) is 11.1 Å². The molecule has 2 fully saturated rings. The third kappa shape index (κ3) is 8.25. The van der Waals surface area contributed by atoms with Crippen molar-refractivity contribution in [1.82, 2.24) is 4.90 Å². The summed E-state index contributed by atoms with van der Waals surface area (Å²) in [6.07, 6.45) is -1.40. The monoisotopic (exact) mass is 646 g/mol. The van der Waals surface area contributed by atoms with Gasteiger partial charge < -0.3 is 37.9 Å². The first-order valence-electron chi connectivity index (χ1n) is 16.0. The van der Waals surface area contributed by atoms with E-state index in [-0.39, 0.29) is 6.42 Å². The van der Waals surface area contributed by atoms with Crippen LogP contribution in [-0.2, 0) is 42.4 Å². The van der Waals surface area contributed by atoms with E-state index in [4.69, 9.17) is 37.9 Å². The van der Waals surface area contributed by atoms with Gasteiger partial charge in [0.05, 0.1) is 66.5 Å². The third-order valence-electron chi connectivity index (χ3n) is 8.73. The summed E-state index contributed by atoms with van der Waals surface area (Å²) in [5.74, 6) is 0.577. The number of rotatable bonds is 15. The lowest BCUT2D eigenvalue weighted by atomic mass is 9.81. The molecular formula is C37H46N2O8. The molecule has 0 unspecified atom stereocenters. The molecular weight excluding hydrogens is 600 g/mol. The fourth-order valence-corrected chi connectivity index (χ4v) is 6.31. The normalized spacial score (nSPS) is 20.5. The zero-order chi connectivity index (χ0) is 33.3. The number of benzene rings is 3. The van der Waals surface area contributed by atoms with Crippen LogP contribution in [0.4, 0.5) is 0 Å². The second-order valence-electron chi connectivity index (χ2n) is 12.2. The molecule has 0 spiro atoms. The molecule has 0 saturated carbocycles. The minimum Gasteiger partial charge on any atom is -0.493 e. The Morgan fingerprint density at radius 3 is 1.94 bits per heavy atom. The van der Waals surface area contributed by atoms with E-state index < -0.39 is 29.6 Å². The predicted octanol–water partition coefficient (Wildman–Crippen LogP) is 5.48. The molecule has 0 aliphatic carbocycles. The second kappa shape index (κ2) is 15.9. The van der Waals surface area contributed by atoms with Crippen molar-refractivity contribution >= 4 is 0 Å². The topological polar surface area (TPSA) is 101 Å². The zero-order valence-corrected chi connectivity index (χ0v) is 28.0. The Labute approximate surface area is 278 Å². The molecule has 3 aromatic rings. The molecule has 2 heterocycles. The SMILES string of the molecule is COc1cc([C@@](C#N)(C[C@@H](OCc2ccccc2)[C@H](OCc2ccccc2)[C@H]2COC(C)(C)O2)N2CCOCC2)cc(OC)c1OC. The Hall–Kier alpha value is -3.69. The molecule has 0 radical (unpaired) electrons. The van der Waals surface area contributed by atoms with Gasteiger partial charge in [-0.2, -0.15) is 5.26 Å². The minimum atomic E-state index is -1.19. The number of nitriles is 1. The Morgan fingerprint density at radius 1 is 0.872 bits per heavy atom. The van der Waals surface area contributed by atoms with Crippen LogP contribution in [0.3, 0.4) is 0 Å². The Kier molecular flexibility index (Phi) is 11.7. The number of methoxy groups -OCH3 is 3. The molecule has 0 amide bonds. The van der Waals surface area contributed by atoms with Crippen LogP contribution < -0.4 is 14.2 Å². The van der Waals surface area contributed by atoms with Crippen LogP contribution in [0.1, 0.15) is 37.0 Å².